The van der Waals surface area contributed by atoms with Gasteiger partial charge in [0.05, 0.1) is 12.6 Å². The Bertz CT molecular complexity index is 513. The van der Waals surface area contributed by atoms with Crippen molar-refractivity contribution in [1.82, 2.24) is 4.90 Å². The van der Waals surface area contributed by atoms with E-state index in [2.05, 4.69) is 0 Å². The van der Waals surface area contributed by atoms with Gasteiger partial charge in [-0.05, 0) is 31.9 Å². The predicted molar refractivity (Wildman–Crippen MR) is 70.3 cm³/mol. The number of likely N-dealkylation sites (tertiary alicyclic amines) is 1. The summed E-state index contributed by atoms with van der Waals surface area (Å²) in [5.74, 6) is -0.700. The molecule has 1 N–H and O–H groups in total. The van der Waals surface area contributed by atoms with Crippen LogP contribution in [0.2, 0.25) is 0 Å². The highest BCUT2D eigenvalue weighted by atomic mass is 16.6. The van der Waals surface area contributed by atoms with Crippen molar-refractivity contribution in [3.8, 4) is 0 Å². The zero-order valence-corrected chi connectivity index (χ0v) is 11.4. The Morgan fingerprint density at radius 1 is 1.60 bits per heavy atom. The molecule has 1 saturated heterocycles. The van der Waals surface area contributed by atoms with Gasteiger partial charge < -0.3 is 9.52 Å². The molecular formula is C13H18N2O5. The molecule has 7 nitrogen and oxygen atoms in total. The number of hydrogen-bond donors (Lipinski definition) is 1. The lowest BCUT2D eigenvalue weighted by atomic mass is 9.90. The Balaban J connectivity index is 2.17. The monoisotopic (exact) mass is 282 g/mol. The third kappa shape index (κ3) is 2.53. The number of aliphatic carboxylic acids is 1. The highest BCUT2D eigenvalue weighted by Gasteiger charge is 2.46. The quantitative estimate of drug-likeness (QED) is 0.635. The average molecular weight is 282 g/mol. The van der Waals surface area contributed by atoms with Crippen molar-refractivity contribution < 1.29 is 19.2 Å². The van der Waals surface area contributed by atoms with E-state index < -0.39 is 16.4 Å². The van der Waals surface area contributed by atoms with E-state index in [-0.39, 0.29) is 5.88 Å². The van der Waals surface area contributed by atoms with Crippen molar-refractivity contribution in [1.29, 1.82) is 0 Å². The van der Waals surface area contributed by atoms with Crippen LogP contribution in [0.5, 0.6) is 0 Å². The first-order chi connectivity index (χ1) is 9.49. The van der Waals surface area contributed by atoms with Gasteiger partial charge in [0.25, 0.3) is 0 Å². The van der Waals surface area contributed by atoms with Crippen LogP contribution in [0.25, 0.3) is 0 Å². The van der Waals surface area contributed by atoms with Gasteiger partial charge in [-0.1, -0.05) is 13.3 Å². The lowest BCUT2D eigenvalue weighted by molar-refractivity contribution is -0.402. The Morgan fingerprint density at radius 3 is 2.90 bits per heavy atom. The molecule has 20 heavy (non-hydrogen) atoms. The number of carboxylic acids is 1. The highest BCUT2D eigenvalue weighted by Crippen LogP contribution is 2.35. The number of nitrogens with zero attached hydrogens (tertiary/aromatic N) is 2. The third-order valence-electron chi connectivity index (χ3n) is 3.86. The van der Waals surface area contributed by atoms with Crippen molar-refractivity contribution in [2.45, 2.75) is 44.7 Å². The molecule has 1 atom stereocenters. The Labute approximate surface area is 116 Å². The maximum Gasteiger partial charge on any atom is 0.433 e. The van der Waals surface area contributed by atoms with Crippen LogP contribution in [0.15, 0.2) is 16.5 Å². The summed E-state index contributed by atoms with van der Waals surface area (Å²) in [6.07, 6.45) is 2.78. The standard InChI is InChI=1S/C13H18N2O5/c1-2-6-13(12(16)17)7-3-8-14(13)9-10-4-5-11(20-10)15(18)19/h4-5H,2-3,6-9H2,1H3,(H,16,17). The molecule has 1 aliphatic heterocycles. The van der Waals surface area contributed by atoms with Crippen LogP contribution in [0.1, 0.15) is 38.4 Å². The van der Waals surface area contributed by atoms with E-state index in [4.69, 9.17) is 4.42 Å². The third-order valence-corrected chi connectivity index (χ3v) is 3.86. The van der Waals surface area contributed by atoms with Crippen LogP contribution in [0.3, 0.4) is 0 Å². The molecule has 1 aliphatic rings. The van der Waals surface area contributed by atoms with Crippen LogP contribution in [-0.2, 0) is 11.3 Å². The minimum Gasteiger partial charge on any atom is -0.480 e. The van der Waals surface area contributed by atoms with Crippen molar-refractivity contribution in [2.75, 3.05) is 6.54 Å². The molecule has 0 saturated carbocycles. The lowest BCUT2D eigenvalue weighted by Crippen LogP contribution is -2.49. The van der Waals surface area contributed by atoms with Gasteiger partial charge in [0.15, 0.2) is 0 Å². The second-order valence-electron chi connectivity index (χ2n) is 5.11. The lowest BCUT2D eigenvalue weighted by Gasteiger charge is -2.34. The molecule has 0 aromatic carbocycles. The molecule has 7 heteroatoms. The summed E-state index contributed by atoms with van der Waals surface area (Å²) in [6, 6.07) is 2.84. The van der Waals surface area contributed by atoms with Crippen molar-refractivity contribution in [2.24, 2.45) is 0 Å². The summed E-state index contributed by atoms with van der Waals surface area (Å²) in [4.78, 5) is 23.5. The van der Waals surface area contributed by atoms with E-state index in [1.807, 2.05) is 11.8 Å². The summed E-state index contributed by atoms with van der Waals surface area (Å²) in [6.45, 7) is 2.92. The summed E-state index contributed by atoms with van der Waals surface area (Å²) >= 11 is 0. The molecule has 1 aromatic heterocycles. The molecule has 0 radical (unpaired) electrons. The summed E-state index contributed by atoms with van der Waals surface area (Å²) in [7, 11) is 0. The zero-order chi connectivity index (χ0) is 14.8. The Kier molecular flexibility index (Phi) is 4.08. The van der Waals surface area contributed by atoms with Crippen LogP contribution in [-0.4, -0.2) is 33.0 Å². The second-order valence-corrected chi connectivity index (χ2v) is 5.11. The molecule has 2 rings (SSSR count). The number of carboxylic acid groups (broad SMARTS) is 1. The molecule has 1 unspecified atom stereocenters. The summed E-state index contributed by atoms with van der Waals surface area (Å²) in [5, 5.41) is 20.1. The zero-order valence-electron chi connectivity index (χ0n) is 11.4. The normalized spacial score (nSPS) is 23.1. The molecule has 0 aliphatic carbocycles. The summed E-state index contributed by atoms with van der Waals surface area (Å²) < 4.78 is 5.12. The van der Waals surface area contributed by atoms with Gasteiger partial charge in [-0.25, -0.2) is 0 Å². The van der Waals surface area contributed by atoms with E-state index in [1.165, 1.54) is 12.1 Å². The van der Waals surface area contributed by atoms with Gasteiger partial charge in [-0.3, -0.25) is 19.8 Å². The number of carbonyl (C=O) groups is 1. The SMILES string of the molecule is CCCC1(C(=O)O)CCCN1Cc1ccc([N+](=O)[O-])o1. The van der Waals surface area contributed by atoms with E-state index >= 15 is 0 Å². The van der Waals surface area contributed by atoms with Gasteiger partial charge >= 0.3 is 11.9 Å². The van der Waals surface area contributed by atoms with E-state index in [9.17, 15) is 20.0 Å². The first-order valence-electron chi connectivity index (χ1n) is 6.71. The van der Waals surface area contributed by atoms with E-state index in [0.717, 1.165) is 12.8 Å². The molecule has 0 bridgehead atoms. The molecule has 1 fully saturated rings. The van der Waals surface area contributed by atoms with Crippen molar-refractivity contribution in [3.05, 3.63) is 28.0 Å². The predicted octanol–water partition coefficient (Wildman–Crippen LogP) is 2.41. The number of hydrogen-bond acceptors (Lipinski definition) is 5. The average Bonchev–Trinajstić information content (AvgIpc) is 2.99. The van der Waals surface area contributed by atoms with E-state index in [0.29, 0.717) is 31.7 Å². The van der Waals surface area contributed by atoms with Crippen LogP contribution < -0.4 is 0 Å². The minimum absolute atomic E-state index is 0.292. The maximum absolute atomic E-state index is 11.6. The van der Waals surface area contributed by atoms with Gasteiger partial charge in [0.1, 0.15) is 16.2 Å². The number of furan rings is 1. The second kappa shape index (κ2) is 5.62. The Hall–Kier alpha value is -1.89. The van der Waals surface area contributed by atoms with Gasteiger partial charge in [0, 0.05) is 0 Å². The highest BCUT2D eigenvalue weighted by molar-refractivity contribution is 5.79. The van der Waals surface area contributed by atoms with Gasteiger partial charge in [0.2, 0.25) is 0 Å². The largest absolute Gasteiger partial charge is 0.480 e. The maximum atomic E-state index is 11.6. The van der Waals surface area contributed by atoms with Crippen molar-refractivity contribution in [3.63, 3.8) is 0 Å². The molecule has 110 valence electrons. The first kappa shape index (κ1) is 14.5. The molecule has 0 spiro atoms. The molecular weight excluding hydrogens is 264 g/mol. The van der Waals surface area contributed by atoms with Crippen molar-refractivity contribution >= 4 is 11.9 Å². The topological polar surface area (TPSA) is 96.8 Å². The number of nitro groups is 1. The fourth-order valence-corrected chi connectivity index (χ4v) is 2.95. The van der Waals surface area contributed by atoms with Gasteiger partial charge in [-0.15, -0.1) is 0 Å². The smallest absolute Gasteiger partial charge is 0.433 e. The van der Waals surface area contributed by atoms with Crippen LogP contribution in [0, 0.1) is 10.1 Å². The van der Waals surface area contributed by atoms with E-state index in [1.54, 1.807) is 0 Å². The molecule has 2 heterocycles. The minimum atomic E-state index is -0.865. The Morgan fingerprint density at radius 2 is 2.35 bits per heavy atom. The molecule has 0 amide bonds. The van der Waals surface area contributed by atoms with Crippen LogP contribution >= 0.6 is 0 Å². The fourth-order valence-electron chi connectivity index (χ4n) is 2.95. The molecule has 1 aromatic rings. The number of rotatable bonds is 6. The fraction of sp³-hybridized carbons (Fsp3) is 0.615. The van der Waals surface area contributed by atoms with Gasteiger partial charge in [-0.2, -0.15) is 0 Å². The first-order valence-corrected chi connectivity index (χ1v) is 6.71. The van der Waals surface area contributed by atoms with Crippen LogP contribution in [0.4, 0.5) is 5.88 Å². The summed E-state index contributed by atoms with van der Waals surface area (Å²) in [5.41, 5.74) is -0.865.